The fourth-order valence-electron chi connectivity index (χ4n) is 3.04. The van der Waals surface area contributed by atoms with Crippen molar-refractivity contribution in [3.8, 4) is 0 Å². The topological polar surface area (TPSA) is 15.3 Å². The maximum absolute atomic E-state index is 3.67. The standard InChI is InChI=1S/C13H26N2/c1-11(2)5-4-8-15-9-12-6-3-7-14-13(12)10-15/h11-14H,3-10H2,1-2H3/t12-,13+/m0/s1. The van der Waals surface area contributed by atoms with E-state index >= 15 is 0 Å². The molecule has 0 amide bonds. The summed E-state index contributed by atoms with van der Waals surface area (Å²) < 4.78 is 0. The van der Waals surface area contributed by atoms with Crippen LogP contribution in [0.3, 0.4) is 0 Å². The number of piperidine rings is 1. The molecule has 2 nitrogen and oxygen atoms in total. The Kier molecular flexibility index (Phi) is 4.04. The van der Waals surface area contributed by atoms with Crippen molar-refractivity contribution < 1.29 is 0 Å². The molecular formula is C13H26N2. The lowest BCUT2D eigenvalue weighted by molar-refractivity contribution is 0.306. The first-order valence-corrected chi connectivity index (χ1v) is 6.71. The number of likely N-dealkylation sites (tertiary alicyclic amines) is 1. The second kappa shape index (κ2) is 5.31. The number of nitrogens with zero attached hydrogens (tertiary/aromatic N) is 1. The lowest BCUT2D eigenvalue weighted by Crippen LogP contribution is -2.40. The molecule has 2 rings (SSSR count). The van der Waals surface area contributed by atoms with Crippen LogP contribution in [0.2, 0.25) is 0 Å². The molecule has 88 valence electrons. The zero-order chi connectivity index (χ0) is 10.7. The van der Waals surface area contributed by atoms with E-state index in [0.29, 0.717) is 0 Å². The highest BCUT2D eigenvalue weighted by atomic mass is 15.2. The Morgan fingerprint density at radius 1 is 1.33 bits per heavy atom. The quantitative estimate of drug-likeness (QED) is 0.764. The molecule has 2 atom stereocenters. The molecule has 0 radical (unpaired) electrons. The summed E-state index contributed by atoms with van der Waals surface area (Å²) in [5, 5.41) is 3.67. The Morgan fingerprint density at radius 3 is 2.93 bits per heavy atom. The molecule has 0 unspecified atom stereocenters. The van der Waals surface area contributed by atoms with Crippen molar-refractivity contribution in [1.82, 2.24) is 10.2 Å². The number of fused-ring (bicyclic) bond motifs is 1. The second-order valence-electron chi connectivity index (χ2n) is 5.76. The van der Waals surface area contributed by atoms with Gasteiger partial charge in [0.15, 0.2) is 0 Å². The Morgan fingerprint density at radius 2 is 2.20 bits per heavy atom. The zero-order valence-electron chi connectivity index (χ0n) is 10.3. The van der Waals surface area contributed by atoms with Gasteiger partial charge in [0.25, 0.3) is 0 Å². The fourth-order valence-corrected chi connectivity index (χ4v) is 3.04. The first-order chi connectivity index (χ1) is 7.25. The molecule has 1 N–H and O–H groups in total. The number of rotatable bonds is 4. The number of nitrogens with one attached hydrogen (secondary N) is 1. The molecule has 0 saturated carbocycles. The summed E-state index contributed by atoms with van der Waals surface area (Å²) in [6.07, 6.45) is 5.62. The minimum Gasteiger partial charge on any atom is -0.312 e. The SMILES string of the molecule is CC(C)CCCN1C[C@@H]2CCCN[C@@H]2C1. The van der Waals surface area contributed by atoms with Crippen LogP contribution in [0.4, 0.5) is 0 Å². The molecule has 2 heterocycles. The first-order valence-electron chi connectivity index (χ1n) is 6.71. The van der Waals surface area contributed by atoms with E-state index in [1.165, 1.54) is 51.9 Å². The van der Waals surface area contributed by atoms with Crippen LogP contribution in [0.25, 0.3) is 0 Å². The third-order valence-electron chi connectivity index (χ3n) is 3.93. The van der Waals surface area contributed by atoms with Gasteiger partial charge < -0.3 is 10.2 Å². The molecule has 2 heteroatoms. The average Bonchev–Trinajstić information content (AvgIpc) is 2.59. The normalized spacial score (nSPS) is 32.2. The lowest BCUT2D eigenvalue weighted by atomic mass is 9.94. The van der Waals surface area contributed by atoms with Gasteiger partial charge in [-0.2, -0.15) is 0 Å². The van der Waals surface area contributed by atoms with Gasteiger partial charge in [-0.1, -0.05) is 13.8 Å². The highest BCUT2D eigenvalue weighted by Crippen LogP contribution is 2.25. The van der Waals surface area contributed by atoms with E-state index in [9.17, 15) is 0 Å². The van der Waals surface area contributed by atoms with Crippen LogP contribution in [-0.2, 0) is 0 Å². The largest absolute Gasteiger partial charge is 0.312 e. The summed E-state index contributed by atoms with van der Waals surface area (Å²) >= 11 is 0. The second-order valence-corrected chi connectivity index (χ2v) is 5.76. The van der Waals surface area contributed by atoms with Gasteiger partial charge in [0.1, 0.15) is 0 Å². The predicted molar refractivity (Wildman–Crippen MR) is 65.0 cm³/mol. The number of hydrogen-bond acceptors (Lipinski definition) is 2. The van der Waals surface area contributed by atoms with Crippen molar-refractivity contribution in [2.45, 2.75) is 45.6 Å². The van der Waals surface area contributed by atoms with E-state index in [-0.39, 0.29) is 0 Å². The van der Waals surface area contributed by atoms with Crippen molar-refractivity contribution >= 4 is 0 Å². The molecule has 15 heavy (non-hydrogen) atoms. The third kappa shape index (κ3) is 3.18. The minimum absolute atomic E-state index is 0.817. The molecule has 0 aromatic heterocycles. The molecule has 2 aliphatic rings. The van der Waals surface area contributed by atoms with Crippen molar-refractivity contribution in [3.63, 3.8) is 0 Å². The molecule has 0 aliphatic carbocycles. The van der Waals surface area contributed by atoms with Crippen LogP contribution in [0.1, 0.15) is 39.5 Å². The summed E-state index contributed by atoms with van der Waals surface area (Å²) in [6.45, 7) is 9.89. The number of hydrogen-bond donors (Lipinski definition) is 1. The monoisotopic (exact) mass is 210 g/mol. The van der Waals surface area contributed by atoms with Crippen molar-refractivity contribution in [2.24, 2.45) is 11.8 Å². The van der Waals surface area contributed by atoms with Crippen molar-refractivity contribution in [3.05, 3.63) is 0 Å². The molecular weight excluding hydrogens is 184 g/mol. The van der Waals surface area contributed by atoms with E-state index in [2.05, 4.69) is 24.1 Å². The molecule has 0 bridgehead atoms. The first kappa shape index (κ1) is 11.4. The molecule has 0 aromatic rings. The van der Waals surface area contributed by atoms with Gasteiger partial charge in [-0.15, -0.1) is 0 Å². The van der Waals surface area contributed by atoms with Gasteiger partial charge in [-0.05, 0) is 50.6 Å². The summed E-state index contributed by atoms with van der Waals surface area (Å²) in [5.41, 5.74) is 0. The molecule has 0 aromatic carbocycles. The van der Waals surface area contributed by atoms with Crippen LogP contribution >= 0.6 is 0 Å². The molecule has 0 spiro atoms. The zero-order valence-corrected chi connectivity index (χ0v) is 10.3. The van der Waals surface area contributed by atoms with Gasteiger partial charge in [-0.3, -0.25) is 0 Å². The van der Waals surface area contributed by atoms with Crippen LogP contribution < -0.4 is 5.32 Å². The van der Waals surface area contributed by atoms with Gasteiger partial charge >= 0.3 is 0 Å². The van der Waals surface area contributed by atoms with Crippen molar-refractivity contribution in [2.75, 3.05) is 26.2 Å². The molecule has 2 saturated heterocycles. The van der Waals surface area contributed by atoms with Gasteiger partial charge in [0.2, 0.25) is 0 Å². The van der Waals surface area contributed by atoms with Gasteiger partial charge in [-0.25, -0.2) is 0 Å². The van der Waals surface area contributed by atoms with Crippen LogP contribution in [0.5, 0.6) is 0 Å². The van der Waals surface area contributed by atoms with E-state index < -0.39 is 0 Å². The Hall–Kier alpha value is -0.0800. The van der Waals surface area contributed by atoms with E-state index in [1.807, 2.05) is 0 Å². The molecule has 2 fully saturated rings. The van der Waals surface area contributed by atoms with Crippen LogP contribution in [0.15, 0.2) is 0 Å². The third-order valence-corrected chi connectivity index (χ3v) is 3.93. The Bertz CT molecular complexity index is 177. The summed E-state index contributed by atoms with van der Waals surface area (Å²) in [7, 11) is 0. The highest BCUT2D eigenvalue weighted by molar-refractivity contribution is 4.91. The smallest absolute Gasteiger partial charge is 0.0235 e. The average molecular weight is 210 g/mol. The predicted octanol–water partition coefficient (Wildman–Crippen LogP) is 2.11. The summed E-state index contributed by atoms with van der Waals surface area (Å²) in [4.78, 5) is 2.68. The van der Waals surface area contributed by atoms with E-state index in [0.717, 1.165) is 17.9 Å². The van der Waals surface area contributed by atoms with Crippen LogP contribution in [-0.4, -0.2) is 37.1 Å². The molecule has 2 aliphatic heterocycles. The van der Waals surface area contributed by atoms with Crippen molar-refractivity contribution in [1.29, 1.82) is 0 Å². The Balaban J connectivity index is 1.67. The maximum atomic E-state index is 3.67. The van der Waals surface area contributed by atoms with E-state index in [4.69, 9.17) is 0 Å². The lowest BCUT2D eigenvalue weighted by Gasteiger charge is -2.24. The summed E-state index contributed by atoms with van der Waals surface area (Å²) in [6, 6.07) is 0.817. The van der Waals surface area contributed by atoms with Gasteiger partial charge in [0.05, 0.1) is 0 Å². The van der Waals surface area contributed by atoms with Crippen LogP contribution in [0, 0.1) is 11.8 Å². The summed E-state index contributed by atoms with van der Waals surface area (Å²) in [5.74, 6) is 1.82. The minimum atomic E-state index is 0.817. The fraction of sp³-hybridized carbons (Fsp3) is 1.00. The Labute approximate surface area is 94.4 Å². The maximum Gasteiger partial charge on any atom is 0.0235 e. The highest BCUT2D eigenvalue weighted by Gasteiger charge is 2.33. The van der Waals surface area contributed by atoms with E-state index in [1.54, 1.807) is 0 Å². The van der Waals surface area contributed by atoms with Gasteiger partial charge in [0, 0.05) is 19.1 Å².